The Bertz CT molecular complexity index is 690. The highest BCUT2D eigenvalue weighted by Crippen LogP contribution is 2.09. The Morgan fingerprint density at radius 1 is 1.41 bits per heavy atom. The molecule has 0 unspecified atom stereocenters. The van der Waals surface area contributed by atoms with Crippen molar-refractivity contribution in [2.75, 3.05) is 6.54 Å². The maximum atomic E-state index is 12.2. The second kappa shape index (κ2) is 7.02. The molecule has 0 aliphatic heterocycles. The van der Waals surface area contributed by atoms with Crippen molar-refractivity contribution in [1.29, 1.82) is 0 Å². The topological polar surface area (TPSA) is 81.8 Å². The molecule has 0 aliphatic rings. The van der Waals surface area contributed by atoms with Gasteiger partial charge in [0, 0.05) is 36.9 Å². The highest BCUT2D eigenvalue weighted by Gasteiger charge is 2.18. The van der Waals surface area contributed by atoms with Crippen LogP contribution in [0.5, 0.6) is 0 Å². The first kappa shape index (κ1) is 15.9. The predicted molar refractivity (Wildman–Crippen MR) is 82.5 cm³/mol. The zero-order valence-electron chi connectivity index (χ0n) is 13.1. The van der Waals surface area contributed by atoms with Crippen molar-refractivity contribution in [3.8, 4) is 0 Å². The molecule has 0 saturated carbocycles. The minimum Gasteiger partial charge on any atom is -0.352 e. The number of rotatable bonds is 6. The Kier molecular flexibility index (Phi) is 5.08. The van der Waals surface area contributed by atoms with Gasteiger partial charge < -0.3 is 5.32 Å². The third kappa shape index (κ3) is 3.60. The Morgan fingerprint density at radius 2 is 2.18 bits per heavy atom. The molecule has 1 N–H and O–H groups in total. The van der Waals surface area contributed by atoms with Gasteiger partial charge in [-0.1, -0.05) is 6.92 Å². The fraction of sp³-hybridized carbons (Fsp3) is 0.467. The molecule has 0 radical (unpaired) electrons. The van der Waals surface area contributed by atoms with Crippen molar-refractivity contribution >= 4 is 5.91 Å². The van der Waals surface area contributed by atoms with Crippen LogP contribution >= 0.6 is 0 Å². The summed E-state index contributed by atoms with van der Waals surface area (Å²) in [5.41, 5.74) is 1.25. The van der Waals surface area contributed by atoms with Gasteiger partial charge in [-0.2, -0.15) is 10.1 Å². The monoisotopic (exact) mass is 303 g/mol. The van der Waals surface area contributed by atoms with Crippen molar-refractivity contribution in [1.82, 2.24) is 24.6 Å². The van der Waals surface area contributed by atoms with Crippen LogP contribution in [0, 0.1) is 13.8 Å². The van der Waals surface area contributed by atoms with Gasteiger partial charge in [-0.15, -0.1) is 0 Å². The summed E-state index contributed by atoms with van der Waals surface area (Å²) in [7, 11) is 0. The fourth-order valence-electron chi connectivity index (χ4n) is 2.41. The van der Waals surface area contributed by atoms with Crippen molar-refractivity contribution < 1.29 is 4.79 Å². The number of hydrogen-bond donors (Lipinski definition) is 1. The van der Waals surface area contributed by atoms with E-state index >= 15 is 0 Å². The summed E-state index contributed by atoms with van der Waals surface area (Å²) in [6, 6.07) is 3.31. The molecule has 7 nitrogen and oxygen atoms in total. The zero-order valence-corrected chi connectivity index (χ0v) is 13.1. The van der Waals surface area contributed by atoms with Gasteiger partial charge in [-0.25, -0.2) is 4.79 Å². The molecule has 0 fully saturated rings. The molecule has 0 bridgehead atoms. The van der Waals surface area contributed by atoms with Gasteiger partial charge in [0.1, 0.15) is 6.04 Å². The summed E-state index contributed by atoms with van der Waals surface area (Å²) in [6.45, 7) is 6.36. The van der Waals surface area contributed by atoms with E-state index < -0.39 is 0 Å². The summed E-state index contributed by atoms with van der Waals surface area (Å²) in [6.07, 6.45) is 4.07. The molecule has 2 rings (SSSR count). The number of carbonyl (C=O) groups is 1. The number of amides is 1. The molecule has 22 heavy (non-hydrogen) atoms. The second-order valence-corrected chi connectivity index (χ2v) is 5.17. The van der Waals surface area contributed by atoms with E-state index in [0.717, 1.165) is 5.69 Å². The third-order valence-corrected chi connectivity index (χ3v) is 3.51. The maximum Gasteiger partial charge on any atom is 0.348 e. The van der Waals surface area contributed by atoms with E-state index in [9.17, 15) is 9.59 Å². The van der Waals surface area contributed by atoms with E-state index in [2.05, 4.69) is 15.4 Å². The van der Waals surface area contributed by atoms with Gasteiger partial charge in [0.2, 0.25) is 5.91 Å². The zero-order chi connectivity index (χ0) is 16.1. The molecule has 1 amide bonds. The van der Waals surface area contributed by atoms with Gasteiger partial charge >= 0.3 is 5.69 Å². The van der Waals surface area contributed by atoms with Crippen LogP contribution in [0.1, 0.15) is 30.8 Å². The lowest BCUT2D eigenvalue weighted by atomic mass is 10.2. The van der Waals surface area contributed by atoms with Crippen LogP contribution in [0.25, 0.3) is 0 Å². The molecule has 1 atom stereocenters. The highest BCUT2D eigenvalue weighted by molar-refractivity contribution is 5.80. The normalized spacial score (nSPS) is 12.1. The first-order chi connectivity index (χ1) is 10.5. The first-order valence-corrected chi connectivity index (χ1v) is 7.35. The Morgan fingerprint density at radius 3 is 2.77 bits per heavy atom. The number of aromatic nitrogens is 4. The minimum absolute atomic E-state index is 0.100. The molecule has 2 heterocycles. The van der Waals surface area contributed by atoms with E-state index in [1.807, 2.05) is 19.9 Å². The number of hydrogen-bond acceptors (Lipinski definition) is 4. The average Bonchev–Trinajstić information content (AvgIpc) is 2.96. The standard InChI is InChI=1S/C15H21N5O2/c1-4-13(20-8-5-6-17-20)14(21)16-7-9-19-12(3)10-11(2)18-15(19)22/h5-6,8,10,13H,4,7,9H2,1-3H3,(H,16,21)/t13-/m1/s1. The van der Waals surface area contributed by atoms with Crippen LogP contribution in [-0.4, -0.2) is 31.8 Å². The molecule has 0 aromatic carbocycles. The van der Waals surface area contributed by atoms with Crippen molar-refractivity contribution in [2.45, 2.75) is 39.8 Å². The molecule has 0 saturated heterocycles. The molecule has 2 aromatic heterocycles. The number of carbonyl (C=O) groups excluding carboxylic acids is 1. The van der Waals surface area contributed by atoms with Crippen LogP contribution < -0.4 is 11.0 Å². The van der Waals surface area contributed by atoms with Gasteiger partial charge in [0.15, 0.2) is 0 Å². The summed E-state index contributed by atoms with van der Waals surface area (Å²) in [5, 5.41) is 6.96. The molecule has 2 aromatic rings. The minimum atomic E-state index is -0.330. The van der Waals surface area contributed by atoms with Crippen LogP contribution in [0.15, 0.2) is 29.3 Å². The summed E-state index contributed by atoms with van der Waals surface area (Å²) < 4.78 is 3.20. The Balaban J connectivity index is 1.96. The van der Waals surface area contributed by atoms with E-state index in [4.69, 9.17) is 0 Å². The van der Waals surface area contributed by atoms with Crippen molar-refractivity contribution in [3.05, 3.63) is 46.4 Å². The van der Waals surface area contributed by atoms with E-state index in [1.165, 1.54) is 0 Å². The lowest BCUT2D eigenvalue weighted by Crippen LogP contribution is -2.37. The highest BCUT2D eigenvalue weighted by atomic mass is 16.2. The molecule has 0 spiro atoms. The summed E-state index contributed by atoms with van der Waals surface area (Å²) in [5.74, 6) is -0.100. The van der Waals surface area contributed by atoms with Crippen molar-refractivity contribution in [3.63, 3.8) is 0 Å². The van der Waals surface area contributed by atoms with Gasteiger partial charge in [-0.05, 0) is 32.4 Å². The first-order valence-electron chi connectivity index (χ1n) is 7.35. The maximum absolute atomic E-state index is 12.2. The summed E-state index contributed by atoms with van der Waals surface area (Å²) in [4.78, 5) is 28.0. The van der Waals surface area contributed by atoms with Gasteiger partial charge in [-0.3, -0.25) is 14.0 Å². The van der Waals surface area contributed by atoms with Crippen LogP contribution in [-0.2, 0) is 11.3 Å². The quantitative estimate of drug-likeness (QED) is 0.856. The van der Waals surface area contributed by atoms with Crippen molar-refractivity contribution in [2.24, 2.45) is 0 Å². The SMILES string of the molecule is CC[C@H](C(=O)NCCn1c(C)cc(C)nc1=O)n1cccn1. The predicted octanol–water partition coefficient (Wildman–Crippen LogP) is 0.824. The Hall–Kier alpha value is -2.44. The second-order valence-electron chi connectivity index (χ2n) is 5.17. The lowest BCUT2D eigenvalue weighted by molar-refractivity contribution is -0.124. The van der Waals surface area contributed by atoms with E-state index in [-0.39, 0.29) is 17.6 Å². The molecule has 0 aliphatic carbocycles. The third-order valence-electron chi connectivity index (χ3n) is 3.51. The molecular weight excluding hydrogens is 282 g/mol. The summed E-state index contributed by atoms with van der Waals surface area (Å²) >= 11 is 0. The average molecular weight is 303 g/mol. The van der Waals surface area contributed by atoms with Gasteiger partial charge in [0.05, 0.1) is 0 Å². The molecule has 7 heteroatoms. The van der Waals surface area contributed by atoms with Crippen LogP contribution in [0.2, 0.25) is 0 Å². The van der Waals surface area contributed by atoms with Crippen LogP contribution in [0.4, 0.5) is 0 Å². The largest absolute Gasteiger partial charge is 0.352 e. The van der Waals surface area contributed by atoms with E-state index in [0.29, 0.717) is 25.2 Å². The Labute approximate surface area is 129 Å². The van der Waals surface area contributed by atoms with Crippen LogP contribution in [0.3, 0.4) is 0 Å². The van der Waals surface area contributed by atoms with Gasteiger partial charge in [0.25, 0.3) is 0 Å². The smallest absolute Gasteiger partial charge is 0.348 e. The number of aryl methyl sites for hydroxylation is 2. The molecule has 118 valence electrons. The number of nitrogens with one attached hydrogen (secondary N) is 1. The molecular formula is C15H21N5O2. The van der Waals surface area contributed by atoms with E-state index in [1.54, 1.807) is 34.6 Å². The fourth-order valence-corrected chi connectivity index (χ4v) is 2.41. The number of nitrogens with zero attached hydrogens (tertiary/aromatic N) is 4. The lowest BCUT2D eigenvalue weighted by Gasteiger charge is -2.16.